The lowest BCUT2D eigenvalue weighted by atomic mass is 10.1. The van der Waals surface area contributed by atoms with Crippen LogP contribution in [0.2, 0.25) is 0 Å². The van der Waals surface area contributed by atoms with Crippen molar-refractivity contribution in [2.75, 3.05) is 26.7 Å². The van der Waals surface area contributed by atoms with Crippen molar-refractivity contribution >= 4 is 6.22 Å². The second kappa shape index (κ2) is 4.91. The van der Waals surface area contributed by atoms with Gasteiger partial charge < -0.3 is 9.74 Å². The molecular weight excluding hydrogens is 178 g/mol. The summed E-state index contributed by atoms with van der Waals surface area (Å²) in [5, 5.41) is 2.57. The summed E-state index contributed by atoms with van der Waals surface area (Å²) < 4.78 is 22.9. The third kappa shape index (κ3) is 3.98. The van der Waals surface area contributed by atoms with E-state index in [1.807, 2.05) is 13.1 Å². The number of halogens is 2. The highest BCUT2D eigenvalue weighted by molar-refractivity contribution is 5.62. The molecule has 0 fully saturated rings. The zero-order valence-electron chi connectivity index (χ0n) is 7.46. The molecule has 0 aliphatic carbocycles. The molecule has 0 aromatic carbocycles. The Morgan fingerprint density at radius 3 is 3.08 bits per heavy atom. The van der Waals surface area contributed by atoms with Crippen molar-refractivity contribution in [2.45, 2.75) is 6.42 Å². The van der Waals surface area contributed by atoms with Crippen LogP contribution in [0, 0.1) is 0 Å². The summed E-state index contributed by atoms with van der Waals surface area (Å²) in [5.74, 6) is 0. The molecule has 0 unspecified atom stereocenters. The predicted molar refractivity (Wildman–Crippen MR) is 45.8 cm³/mol. The summed E-state index contributed by atoms with van der Waals surface area (Å²) in [4.78, 5) is 6.53. The zero-order chi connectivity index (χ0) is 9.68. The lowest BCUT2D eigenvalue weighted by molar-refractivity contribution is 0.151. The molecule has 0 aromatic heterocycles. The molecule has 1 rings (SSSR count). The maximum absolute atomic E-state index is 11.5. The zero-order valence-corrected chi connectivity index (χ0v) is 7.46. The Morgan fingerprint density at radius 2 is 2.46 bits per heavy atom. The molecule has 0 bridgehead atoms. The summed E-state index contributed by atoms with van der Waals surface area (Å²) >= 11 is 0. The average molecular weight is 190 g/mol. The van der Waals surface area contributed by atoms with Gasteiger partial charge in [0.05, 0.1) is 0 Å². The van der Waals surface area contributed by atoms with Crippen LogP contribution in [0.1, 0.15) is 6.42 Å². The first-order valence-electron chi connectivity index (χ1n) is 4.06. The predicted octanol–water partition coefficient (Wildman–Crippen LogP) is 1.47. The molecule has 74 valence electrons. The van der Waals surface area contributed by atoms with Crippen molar-refractivity contribution in [1.29, 1.82) is 0 Å². The van der Waals surface area contributed by atoms with Gasteiger partial charge in [-0.15, -0.1) is 8.78 Å². The van der Waals surface area contributed by atoms with Crippen molar-refractivity contribution in [3.63, 3.8) is 0 Å². The minimum Gasteiger partial charge on any atom is -0.387 e. The van der Waals surface area contributed by atoms with Gasteiger partial charge in [0, 0.05) is 13.1 Å². The minimum atomic E-state index is -2.04. The molecule has 0 atom stereocenters. The molecule has 0 aromatic rings. The van der Waals surface area contributed by atoms with E-state index >= 15 is 0 Å². The maximum atomic E-state index is 11.5. The Morgan fingerprint density at radius 1 is 1.69 bits per heavy atom. The molecule has 0 spiro atoms. The molecule has 0 N–H and O–H groups in total. The Labute approximate surface area is 75.7 Å². The second-order valence-corrected chi connectivity index (χ2v) is 2.99. The number of likely N-dealkylation sites (N-methyl/N-ethyl adjacent to an activating group) is 1. The molecule has 5 heteroatoms. The van der Waals surface area contributed by atoms with Gasteiger partial charge in [0.2, 0.25) is 0 Å². The van der Waals surface area contributed by atoms with Crippen LogP contribution in [-0.4, -0.2) is 37.9 Å². The molecule has 0 saturated carbocycles. The van der Waals surface area contributed by atoms with E-state index in [0.717, 1.165) is 25.1 Å². The van der Waals surface area contributed by atoms with E-state index in [2.05, 4.69) is 14.9 Å². The van der Waals surface area contributed by atoms with Crippen molar-refractivity contribution in [3.8, 4) is 0 Å². The van der Waals surface area contributed by atoms with E-state index in [1.165, 1.54) is 0 Å². The smallest absolute Gasteiger partial charge is 0.387 e. The van der Waals surface area contributed by atoms with Crippen molar-refractivity contribution in [1.82, 2.24) is 4.90 Å². The van der Waals surface area contributed by atoms with Crippen LogP contribution in [-0.2, 0) is 4.84 Å². The monoisotopic (exact) mass is 190 g/mol. The highest BCUT2D eigenvalue weighted by Gasteiger charge is 2.08. The van der Waals surface area contributed by atoms with Crippen molar-refractivity contribution in [3.05, 3.63) is 11.6 Å². The van der Waals surface area contributed by atoms with Gasteiger partial charge in [-0.1, -0.05) is 6.08 Å². The van der Waals surface area contributed by atoms with E-state index in [9.17, 15) is 8.78 Å². The van der Waals surface area contributed by atoms with Gasteiger partial charge in [0.25, 0.3) is 0 Å². The van der Waals surface area contributed by atoms with Crippen LogP contribution < -0.4 is 0 Å². The minimum absolute atomic E-state index is 0.154. The number of nitrogens with zero attached hydrogens (tertiary/aromatic N) is 2. The molecule has 0 saturated heterocycles. The first kappa shape index (κ1) is 10.1. The van der Waals surface area contributed by atoms with Gasteiger partial charge >= 0.3 is 6.22 Å². The third-order valence-electron chi connectivity index (χ3n) is 1.80. The van der Waals surface area contributed by atoms with Crippen LogP contribution in [0.15, 0.2) is 16.8 Å². The second-order valence-electron chi connectivity index (χ2n) is 2.99. The fourth-order valence-corrected chi connectivity index (χ4v) is 1.25. The number of hydrogen-bond acceptors (Lipinski definition) is 3. The highest BCUT2D eigenvalue weighted by Crippen LogP contribution is 2.07. The maximum Gasteiger partial charge on any atom is 0.397 e. The Kier molecular flexibility index (Phi) is 3.82. The first-order valence-corrected chi connectivity index (χ1v) is 4.06. The van der Waals surface area contributed by atoms with E-state index in [-0.39, 0.29) is 6.61 Å². The van der Waals surface area contributed by atoms with Crippen LogP contribution in [0.5, 0.6) is 0 Å². The number of oxime groups is 1. The molecular formula is C8H12F2N2O. The van der Waals surface area contributed by atoms with E-state index < -0.39 is 6.22 Å². The molecule has 1 aliphatic rings. The van der Waals surface area contributed by atoms with Crippen molar-refractivity contribution < 1.29 is 13.6 Å². The molecule has 1 heterocycles. The van der Waals surface area contributed by atoms with Gasteiger partial charge in [0.1, 0.15) is 6.61 Å². The number of rotatable bonds is 3. The van der Waals surface area contributed by atoms with Gasteiger partial charge in [-0.2, -0.15) is 0 Å². The molecule has 3 nitrogen and oxygen atoms in total. The largest absolute Gasteiger partial charge is 0.397 e. The topological polar surface area (TPSA) is 24.8 Å². The summed E-state index contributed by atoms with van der Waals surface area (Å²) in [7, 11) is 1.98. The summed E-state index contributed by atoms with van der Waals surface area (Å²) in [6.45, 7) is 1.93. The third-order valence-corrected chi connectivity index (χ3v) is 1.80. The quantitative estimate of drug-likeness (QED) is 0.382. The lowest BCUT2D eigenvalue weighted by Crippen LogP contribution is -2.26. The SMILES string of the molecule is CN1CCC=C(CON=C(F)F)C1. The first-order chi connectivity index (χ1) is 6.18. The Hall–Kier alpha value is -0.970. The fraction of sp³-hybridized carbons (Fsp3) is 0.625. The van der Waals surface area contributed by atoms with Crippen LogP contribution >= 0.6 is 0 Å². The van der Waals surface area contributed by atoms with Gasteiger partial charge in [-0.05, 0) is 24.2 Å². The van der Waals surface area contributed by atoms with E-state index in [0.29, 0.717) is 0 Å². The average Bonchev–Trinajstić information content (AvgIpc) is 2.03. The van der Waals surface area contributed by atoms with Gasteiger partial charge in [-0.25, -0.2) is 0 Å². The van der Waals surface area contributed by atoms with Crippen molar-refractivity contribution in [2.24, 2.45) is 5.16 Å². The van der Waals surface area contributed by atoms with E-state index in [1.54, 1.807) is 0 Å². The molecule has 0 amide bonds. The number of hydrogen-bond donors (Lipinski definition) is 0. The van der Waals surface area contributed by atoms with Crippen LogP contribution in [0.4, 0.5) is 8.78 Å². The highest BCUT2D eigenvalue weighted by atomic mass is 19.3. The van der Waals surface area contributed by atoms with Crippen LogP contribution in [0.25, 0.3) is 0 Å². The summed E-state index contributed by atoms with van der Waals surface area (Å²) in [6.07, 6.45) is 0.910. The molecule has 1 aliphatic heterocycles. The Bertz CT molecular complexity index is 224. The standard InChI is InChI=1S/C8H12F2N2O/c1-12-4-2-3-7(5-12)6-13-11-8(9)10/h3H,2,4-6H2,1H3. The van der Waals surface area contributed by atoms with E-state index in [4.69, 9.17) is 0 Å². The lowest BCUT2D eigenvalue weighted by Gasteiger charge is -2.21. The van der Waals surface area contributed by atoms with Gasteiger partial charge in [-0.3, -0.25) is 0 Å². The van der Waals surface area contributed by atoms with Crippen LogP contribution in [0.3, 0.4) is 0 Å². The van der Waals surface area contributed by atoms with Gasteiger partial charge in [0.15, 0.2) is 0 Å². The summed E-state index contributed by atoms with van der Waals surface area (Å²) in [6, 6.07) is 0. The fourth-order valence-electron chi connectivity index (χ4n) is 1.25. The normalized spacial score (nSPS) is 17.9. The molecule has 0 radical (unpaired) electrons. The Balaban J connectivity index is 2.29. The summed E-state index contributed by atoms with van der Waals surface area (Å²) in [5.41, 5.74) is 0.999. The molecule has 13 heavy (non-hydrogen) atoms.